The predicted octanol–water partition coefficient (Wildman–Crippen LogP) is 2.15. The van der Waals surface area contributed by atoms with Crippen LogP contribution >= 0.6 is 11.6 Å². The topological polar surface area (TPSA) is 50.8 Å². The molecule has 0 aliphatic carbocycles. The van der Waals surface area contributed by atoms with Crippen LogP contribution in [0.4, 0.5) is 5.69 Å². The Bertz CT molecular complexity index is 526. The van der Waals surface area contributed by atoms with Crippen LogP contribution in [0, 0.1) is 5.92 Å². The zero-order chi connectivity index (χ0) is 15.4. The van der Waals surface area contributed by atoms with Gasteiger partial charge in [0, 0.05) is 37.0 Å². The number of hydrogen-bond donors (Lipinski definition) is 1. The fourth-order valence-corrected chi connectivity index (χ4v) is 2.98. The normalized spacial score (nSPS) is 22.7. The maximum absolute atomic E-state index is 12.1. The van der Waals surface area contributed by atoms with Crippen LogP contribution in [0.2, 0.25) is 5.02 Å². The first-order chi connectivity index (χ1) is 10.7. The highest BCUT2D eigenvalue weighted by atomic mass is 35.5. The van der Waals surface area contributed by atoms with E-state index in [0.717, 1.165) is 50.5 Å². The largest absolute Gasteiger partial charge is 0.381 e. The van der Waals surface area contributed by atoms with Crippen molar-refractivity contribution < 1.29 is 14.3 Å². The van der Waals surface area contributed by atoms with Crippen molar-refractivity contribution in [2.45, 2.75) is 13.0 Å². The van der Waals surface area contributed by atoms with Crippen molar-refractivity contribution in [1.29, 1.82) is 0 Å². The van der Waals surface area contributed by atoms with Crippen molar-refractivity contribution >= 4 is 23.2 Å². The standard InChI is InChI=1S/C16H21ClN2O3/c17-15-9-14(18-16(20)13-3-6-22-11-13)2-1-12(15)10-19-4-7-21-8-5-19/h1-2,9,13H,3-8,10-11H2,(H,18,20)/t13-/m0/s1. The van der Waals surface area contributed by atoms with Gasteiger partial charge in [-0.25, -0.2) is 0 Å². The van der Waals surface area contributed by atoms with E-state index in [2.05, 4.69) is 10.2 Å². The number of ether oxygens (including phenoxy) is 2. The van der Waals surface area contributed by atoms with E-state index in [-0.39, 0.29) is 11.8 Å². The van der Waals surface area contributed by atoms with Gasteiger partial charge in [0.1, 0.15) is 0 Å². The van der Waals surface area contributed by atoms with E-state index in [1.54, 1.807) is 0 Å². The Morgan fingerprint density at radius 3 is 2.77 bits per heavy atom. The van der Waals surface area contributed by atoms with Gasteiger partial charge in [0.2, 0.25) is 5.91 Å². The number of nitrogens with one attached hydrogen (secondary N) is 1. The first-order valence-electron chi connectivity index (χ1n) is 7.69. The number of hydrogen-bond acceptors (Lipinski definition) is 4. The predicted molar refractivity (Wildman–Crippen MR) is 85.1 cm³/mol. The number of morpholine rings is 1. The van der Waals surface area contributed by atoms with Crippen molar-refractivity contribution in [3.05, 3.63) is 28.8 Å². The van der Waals surface area contributed by atoms with Gasteiger partial charge >= 0.3 is 0 Å². The van der Waals surface area contributed by atoms with Gasteiger partial charge in [-0.2, -0.15) is 0 Å². The van der Waals surface area contributed by atoms with Gasteiger partial charge in [0.25, 0.3) is 0 Å². The number of carbonyl (C=O) groups excluding carboxylic acids is 1. The average Bonchev–Trinajstić information content (AvgIpc) is 3.05. The summed E-state index contributed by atoms with van der Waals surface area (Å²) < 4.78 is 10.6. The zero-order valence-electron chi connectivity index (χ0n) is 12.5. The van der Waals surface area contributed by atoms with Gasteiger partial charge in [-0.1, -0.05) is 17.7 Å². The molecule has 2 aliphatic rings. The molecule has 1 aromatic carbocycles. The van der Waals surface area contributed by atoms with Crippen molar-refractivity contribution in [2.75, 3.05) is 44.8 Å². The highest BCUT2D eigenvalue weighted by Gasteiger charge is 2.23. The Balaban J connectivity index is 1.60. The maximum atomic E-state index is 12.1. The fourth-order valence-electron chi connectivity index (χ4n) is 2.74. The minimum Gasteiger partial charge on any atom is -0.381 e. The van der Waals surface area contributed by atoms with E-state index in [4.69, 9.17) is 21.1 Å². The fraction of sp³-hybridized carbons (Fsp3) is 0.562. The second-order valence-corrected chi connectivity index (χ2v) is 6.15. The molecule has 0 spiro atoms. The molecule has 2 fully saturated rings. The second kappa shape index (κ2) is 7.42. The third-order valence-corrected chi connectivity index (χ3v) is 4.47. The van der Waals surface area contributed by atoms with E-state index < -0.39 is 0 Å². The van der Waals surface area contributed by atoms with Gasteiger partial charge in [-0.05, 0) is 24.1 Å². The van der Waals surface area contributed by atoms with Crippen LogP contribution in [0.25, 0.3) is 0 Å². The van der Waals surface area contributed by atoms with Gasteiger partial charge in [-0.3, -0.25) is 9.69 Å². The molecule has 3 rings (SSSR count). The number of nitrogens with zero attached hydrogens (tertiary/aromatic N) is 1. The van der Waals surface area contributed by atoms with Crippen LogP contribution < -0.4 is 5.32 Å². The van der Waals surface area contributed by atoms with E-state index in [1.165, 1.54) is 0 Å². The number of halogens is 1. The van der Waals surface area contributed by atoms with Crippen LogP contribution in [-0.2, 0) is 20.8 Å². The third-order valence-electron chi connectivity index (χ3n) is 4.12. The molecular formula is C16H21ClN2O3. The molecule has 1 amide bonds. The molecular weight excluding hydrogens is 304 g/mol. The molecule has 0 radical (unpaired) electrons. The van der Waals surface area contributed by atoms with Crippen LogP contribution in [0.15, 0.2) is 18.2 Å². The molecule has 0 bridgehead atoms. The number of anilines is 1. The molecule has 5 nitrogen and oxygen atoms in total. The monoisotopic (exact) mass is 324 g/mol. The summed E-state index contributed by atoms with van der Waals surface area (Å²) in [7, 11) is 0. The minimum atomic E-state index is -0.0493. The van der Waals surface area contributed by atoms with Gasteiger partial charge < -0.3 is 14.8 Å². The Labute approximate surface area is 135 Å². The third kappa shape index (κ3) is 3.98. The lowest BCUT2D eigenvalue weighted by Gasteiger charge is -2.27. The summed E-state index contributed by atoms with van der Waals surface area (Å²) in [5.41, 5.74) is 1.82. The Hall–Kier alpha value is -1.14. The SMILES string of the molecule is O=C(Nc1ccc(CN2CCOCC2)c(Cl)c1)[C@H]1CCOC1. The summed E-state index contributed by atoms with van der Waals surface area (Å²) in [5.74, 6) is -0.0405. The highest BCUT2D eigenvalue weighted by Crippen LogP contribution is 2.24. The summed E-state index contributed by atoms with van der Waals surface area (Å²) in [5, 5.41) is 3.61. The van der Waals surface area contributed by atoms with Gasteiger partial charge in [0.05, 0.1) is 25.7 Å². The zero-order valence-corrected chi connectivity index (χ0v) is 13.3. The summed E-state index contributed by atoms with van der Waals surface area (Å²) in [6.45, 7) is 5.39. The Kier molecular flexibility index (Phi) is 5.31. The molecule has 22 heavy (non-hydrogen) atoms. The average molecular weight is 325 g/mol. The molecule has 0 unspecified atom stereocenters. The van der Waals surface area contributed by atoms with Crippen LogP contribution in [0.1, 0.15) is 12.0 Å². The number of amides is 1. The first kappa shape index (κ1) is 15.7. The molecule has 1 aromatic rings. The number of benzene rings is 1. The second-order valence-electron chi connectivity index (χ2n) is 5.74. The summed E-state index contributed by atoms with van der Waals surface area (Å²) in [4.78, 5) is 14.4. The van der Waals surface area contributed by atoms with E-state index in [0.29, 0.717) is 18.2 Å². The lowest BCUT2D eigenvalue weighted by Crippen LogP contribution is -2.35. The van der Waals surface area contributed by atoms with Crippen LogP contribution in [-0.4, -0.2) is 50.3 Å². The molecule has 120 valence electrons. The Morgan fingerprint density at radius 1 is 1.27 bits per heavy atom. The number of carbonyl (C=O) groups is 1. The molecule has 0 aromatic heterocycles. The quantitative estimate of drug-likeness (QED) is 0.922. The summed E-state index contributed by atoms with van der Waals surface area (Å²) in [6, 6.07) is 5.72. The molecule has 0 saturated carbocycles. The highest BCUT2D eigenvalue weighted by molar-refractivity contribution is 6.31. The van der Waals surface area contributed by atoms with Crippen molar-refractivity contribution in [3.8, 4) is 0 Å². The number of rotatable bonds is 4. The summed E-state index contributed by atoms with van der Waals surface area (Å²) in [6.07, 6.45) is 0.786. The van der Waals surface area contributed by atoms with E-state index in [9.17, 15) is 4.79 Å². The van der Waals surface area contributed by atoms with Crippen LogP contribution in [0.3, 0.4) is 0 Å². The van der Waals surface area contributed by atoms with Crippen molar-refractivity contribution in [1.82, 2.24) is 4.90 Å². The molecule has 2 heterocycles. The lowest BCUT2D eigenvalue weighted by molar-refractivity contribution is -0.119. The van der Waals surface area contributed by atoms with E-state index >= 15 is 0 Å². The van der Waals surface area contributed by atoms with Gasteiger partial charge in [0.15, 0.2) is 0 Å². The molecule has 2 aliphatic heterocycles. The maximum Gasteiger partial charge on any atom is 0.229 e. The summed E-state index contributed by atoms with van der Waals surface area (Å²) >= 11 is 6.36. The Morgan fingerprint density at radius 2 is 2.09 bits per heavy atom. The van der Waals surface area contributed by atoms with Crippen molar-refractivity contribution in [3.63, 3.8) is 0 Å². The molecule has 2 saturated heterocycles. The van der Waals surface area contributed by atoms with Crippen LogP contribution in [0.5, 0.6) is 0 Å². The minimum absolute atomic E-state index is 0.00879. The van der Waals surface area contributed by atoms with Crippen molar-refractivity contribution in [2.24, 2.45) is 5.92 Å². The first-order valence-corrected chi connectivity index (χ1v) is 8.07. The molecule has 6 heteroatoms. The lowest BCUT2D eigenvalue weighted by atomic mass is 10.1. The van der Waals surface area contributed by atoms with Gasteiger partial charge in [-0.15, -0.1) is 0 Å². The van der Waals surface area contributed by atoms with E-state index in [1.807, 2.05) is 18.2 Å². The smallest absolute Gasteiger partial charge is 0.229 e. The molecule has 1 N–H and O–H groups in total. The molecule has 1 atom stereocenters.